The monoisotopic (exact) mass is 375 g/mol. The van der Waals surface area contributed by atoms with Gasteiger partial charge in [-0.25, -0.2) is 0 Å². The van der Waals surface area contributed by atoms with E-state index in [1.165, 1.54) is 0 Å². The summed E-state index contributed by atoms with van der Waals surface area (Å²) in [6, 6.07) is 10.3. The van der Waals surface area contributed by atoms with Crippen LogP contribution in [0.2, 0.25) is 0 Å². The Kier molecular flexibility index (Phi) is 6.24. The van der Waals surface area contributed by atoms with E-state index >= 15 is 0 Å². The maximum Gasteiger partial charge on any atom is 0.327 e. The Morgan fingerprint density at radius 1 is 1.30 bits per heavy atom. The third kappa shape index (κ3) is 4.53. The molecule has 0 saturated carbocycles. The van der Waals surface area contributed by atoms with Gasteiger partial charge in [-0.1, -0.05) is 30.3 Å². The van der Waals surface area contributed by atoms with Crippen LogP contribution in [0.1, 0.15) is 52.0 Å². The van der Waals surface area contributed by atoms with Crippen LogP contribution in [0.25, 0.3) is 0 Å². The molecule has 2 fully saturated rings. The fourth-order valence-electron chi connectivity index (χ4n) is 4.65. The van der Waals surface area contributed by atoms with Gasteiger partial charge in [-0.2, -0.15) is 0 Å². The molecule has 0 bridgehead atoms. The van der Waals surface area contributed by atoms with E-state index in [4.69, 9.17) is 9.47 Å². The quantitative estimate of drug-likeness (QED) is 0.586. The smallest absolute Gasteiger partial charge is 0.327 e. The zero-order valence-electron chi connectivity index (χ0n) is 16.8. The number of hydrogen-bond donors (Lipinski definition) is 1. The van der Waals surface area contributed by atoms with E-state index in [-0.39, 0.29) is 24.5 Å². The molecule has 2 aliphatic rings. The summed E-state index contributed by atoms with van der Waals surface area (Å²) >= 11 is 0. The number of nitrogens with zero attached hydrogens (tertiary/aromatic N) is 1. The number of esters is 1. The maximum absolute atomic E-state index is 13.0. The normalized spacial score (nSPS) is 28.3. The fraction of sp³-hybridized carbons (Fsp3) is 0.682. The summed E-state index contributed by atoms with van der Waals surface area (Å²) in [7, 11) is 0. The van der Waals surface area contributed by atoms with E-state index in [2.05, 4.69) is 17.0 Å². The van der Waals surface area contributed by atoms with Crippen LogP contribution in [0.15, 0.2) is 30.3 Å². The van der Waals surface area contributed by atoms with Crippen LogP contribution in [0.5, 0.6) is 0 Å². The SMILES string of the molecule is CC(C)(C)OC(=O)[C@]12CCCN1[C@@H](CCOCc1ccccc1)[C@@H](CO)C2. The summed E-state index contributed by atoms with van der Waals surface area (Å²) in [5.74, 6) is -0.0307. The van der Waals surface area contributed by atoms with Crippen LogP contribution >= 0.6 is 0 Å². The molecule has 0 spiro atoms. The number of aliphatic hydroxyl groups is 1. The van der Waals surface area contributed by atoms with Crippen molar-refractivity contribution >= 4 is 5.97 Å². The van der Waals surface area contributed by atoms with Crippen molar-refractivity contribution in [3.05, 3.63) is 35.9 Å². The third-order valence-electron chi connectivity index (χ3n) is 5.77. The van der Waals surface area contributed by atoms with Gasteiger partial charge in [0.2, 0.25) is 0 Å². The molecule has 0 amide bonds. The molecule has 3 rings (SSSR count). The molecule has 5 heteroatoms. The number of hydrogen-bond acceptors (Lipinski definition) is 5. The van der Waals surface area contributed by atoms with Crippen LogP contribution < -0.4 is 0 Å². The van der Waals surface area contributed by atoms with Crippen molar-refractivity contribution in [2.45, 2.75) is 70.2 Å². The van der Waals surface area contributed by atoms with Gasteiger partial charge in [-0.05, 0) is 64.5 Å². The lowest BCUT2D eigenvalue weighted by atomic mass is 9.88. The average Bonchev–Trinajstić information content (AvgIpc) is 3.16. The summed E-state index contributed by atoms with van der Waals surface area (Å²) in [5, 5.41) is 9.94. The largest absolute Gasteiger partial charge is 0.459 e. The highest BCUT2D eigenvalue weighted by atomic mass is 16.6. The average molecular weight is 376 g/mol. The van der Waals surface area contributed by atoms with Crippen LogP contribution in [0.3, 0.4) is 0 Å². The summed E-state index contributed by atoms with van der Waals surface area (Å²) < 4.78 is 11.6. The van der Waals surface area contributed by atoms with Crippen molar-refractivity contribution in [3.63, 3.8) is 0 Å². The first kappa shape index (κ1) is 20.3. The molecule has 0 aliphatic carbocycles. The maximum atomic E-state index is 13.0. The van der Waals surface area contributed by atoms with Gasteiger partial charge in [0.1, 0.15) is 11.1 Å². The van der Waals surface area contributed by atoms with Crippen LogP contribution in [0, 0.1) is 5.92 Å². The number of carbonyl (C=O) groups is 1. The predicted molar refractivity (Wildman–Crippen MR) is 104 cm³/mol. The summed E-state index contributed by atoms with van der Waals surface area (Å²) in [4.78, 5) is 15.3. The van der Waals surface area contributed by atoms with Crippen LogP contribution in [-0.4, -0.2) is 52.9 Å². The molecular weight excluding hydrogens is 342 g/mol. The molecule has 3 atom stereocenters. The second-order valence-electron chi connectivity index (χ2n) is 8.87. The van der Waals surface area contributed by atoms with Crippen molar-refractivity contribution in [3.8, 4) is 0 Å². The number of benzene rings is 1. The van der Waals surface area contributed by atoms with E-state index < -0.39 is 11.1 Å². The Balaban J connectivity index is 1.62. The number of rotatable bonds is 7. The Morgan fingerprint density at radius 2 is 2.04 bits per heavy atom. The molecule has 2 heterocycles. The molecule has 0 radical (unpaired) electrons. The Morgan fingerprint density at radius 3 is 2.70 bits per heavy atom. The van der Waals surface area contributed by atoms with Gasteiger partial charge < -0.3 is 14.6 Å². The fourth-order valence-corrected chi connectivity index (χ4v) is 4.65. The van der Waals surface area contributed by atoms with E-state index in [9.17, 15) is 9.90 Å². The lowest BCUT2D eigenvalue weighted by Gasteiger charge is -2.35. The van der Waals surface area contributed by atoms with Crippen molar-refractivity contribution < 1.29 is 19.4 Å². The van der Waals surface area contributed by atoms with Crippen molar-refractivity contribution in [1.82, 2.24) is 4.90 Å². The van der Waals surface area contributed by atoms with Gasteiger partial charge >= 0.3 is 5.97 Å². The zero-order valence-corrected chi connectivity index (χ0v) is 16.8. The Hall–Kier alpha value is -1.43. The third-order valence-corrected chi connectivity index (χ3v) is 5.77. The molecule has 1 aromatic rings. The predicted octanol–water partition coefficient (Wildman–Crippen LogP) is 3.15. The molecule has 2 aliphatic heterocycles. The van der Waals surface area contributed by atoms with Crippen molar-refractivity contribution in [2.75, 3.05) is 19.8 Å². The second-order valence-corrected chi connectivity index (χ2v) is 8.87. The van der Waals surface area contributed by atoms with E-state index in [1.54, 1.807) is 0 Å². The van der Waals surface area contributed by atoms with Gasteiger partial charge in [0, 0.05) is 19.3 Å². The Labute approximate surface area is 162 Å². The summed E-state index contributed by atoms with van der Waals surface area (Å²) in [6.07, 6.45) is 3.32. The van der Waals surface area contributed by atoms with Crippen molar-refractivity contribution in [1.29, 1.82) is 0 Å². The van der Waals surface area contributed by atoms with E-state index in [1.807, 2.05) is 39.0 Å². The summed E-state index contributed by atoms with van der Waals surface area (Å²) in [5.41, 5.74) is 0.100. The molecule has 1 N–H and O–H groups in total. The first-order valence-electron chi connectivity index (χ1n) is 10.1. The molecule has 150 valence electrons. The number of carbonyl (C=O) groups excluding carboxylic acids is 1. The highest BCUT2D eigenvalue weighted by molar-refractivity contribution is 5.82. The van der Waals surface area contributed by atoms with Gasteiger partial charge in [0.15, 0.2) is 0 Å². The molecular formula is C22H33NO4. The molecule has 1 aromatic carbocycles. The number of fused-ring (bicyclic) bond motifs is 1. The highest BCUT2D eigenvalue weighted by Crippen LogP contribution is 2.47. The molecule has 0 aromatic heterocycles. The standard InChI is InChI=1S/C22H33NO4/c1-21(2,3)27-20(25)22-11-7-12-23(22)19(18(14-22)15-24)10-13-26-16-17-8-5-4-6-9-17/h4-6,8-9,18-19,24H,7,10-16H2,1-3H3/t18-,19+,22-/m1/s1. The number of ether oxygens (including phenoxy) is 2. The van der Waals surface area contributed by atoms with Gasteiger partial charge in [-0.3, -0.25) is 9.69 Å². The van der Waals surface area contributed by atoms with Gasteiger partial charge in [-0.15, -0.1) is 0 Å². The molecule has 0 unspecified atom stereocenters. The first-order chi connectivity index (χ1) is 12.9. The van der Waals surface area contributed by atoms with E-state index in [0.29, 0.717) is 19.6 Å². The van der Waals surface area contributed by atoms with Gasteiger partial charge in [0.05, 0.1) is 6.61 Å². The van der Waals surface area contributed by atoms with Crippen LogP contribution in [0.4, 0.5) is 0 Å². The minimum atomic E-state index is -0.565. The topological polar surface area (TPSA) is 59.0 Å². The Bertz CT molecular complexity index is 627. The molecule has 2 saturated heterocycles. The lowest BCUT2D eigenvalue weighted by molar-refractivity contribution is -0.167. The molecule has 5 nitrogen and oxygen atoms in total. The van der Waals surface area contributed by atoms with Crippen molar-refractivity contribution in [2.24, 2.45) is 5.92 Å². The first-order valence-corrected chi connectivity index (χ1v) is 10.1. The van der Waals surface area contributed by atoms with Gasteiger partial charge in [0.25, 0.3) is 0 Å². The highest BCUT2D eigenvalue weighted by Gasteiger charge is 2.59. The van der Waals surface area contributed by atoms with Crippen LogP contribution in [-0.2, 0) is 20.9 Å². The summed E-state index contributed by atoms with van der Waals surface area (Å²) in [6.45, 7) is 7.94. The second kappa shape index (κ2) is 8.29. The minimum Gasteiger partial charge on any atom is -0.459 e. The van der Waals surface area contributed by atoms with E-state index in [0.717, 1.165) is 31.4 Å². The lowest BCUT2D eigenvalue weighted by Crippen LogP contribution is -2.51. The molecule has 27 heavy (non-hydrogen) atoms. The number of aliphatic hydroxyl groups excluding tert-OH is 1. The minimum absolute atomic E-state index is 0.0955. The zero-order chi connectivity index (χ0) is 19.5.